The fraction of sp³-hybridized carbons (Fsp3) is 0.959. The summed E-state index contributed by atoms with van der Waals surface area (Å²) in [4.78, 5) is 0. The molecule has 4 saturated heterocycles. The Labute approximate surface area is 393 Å². The zero-order valence-electron chi connectivity index (χ0n) is 40.4. The minimum absolute atomic E-state index is 0.00995. The number of aliphatic hydroxyl groups excluding tert-OH is 10. The van der Waals surface area contributed by atoms with E-state index in [1.807, 2.05) is 19.9 Å². The Balaban J connectivity index is 0.953. The van der Waals surface area contributed by atoms with Gasteiger partial charge in [-0.25, -0.2) is 0 Å². The van der Waals surface area contributed by atoms with Crippen molar-refractivity contribution < 1.29 is 89.0 Å². The zero-order valence-corrected chi connectivity index (χ0v) is 40.4. The average molecular weight is 957 g/mol. The minimum Gasteiger partial charge on any atom is -0.396 e. The van der Waals surface area contributed by atoms with Gasteiger partial charge < -0.3 is 89.0 Å². The topological polar surface area (TPSA) is 276 Å². The van der Waals surface area contributed by atoms with E-state index in [0.717, 1.165) is 56.9 Å². The van der Waals surface area contributed by atoms with Crippen molar-refractivity contribution in [2.75, 3.05) is 20.3 Å². The monoisotopic (exact) mass is 957 g/mol. The lowest BCUT2D eigenvalue weighted by Gasteiger charge is -2.64. The van der Waals surface area contributed by atoms with Crippen LogP contribution in [0.4, 0.5) is 0 Å². The molecule has 4 heterocycles. The maximum atomic E-state index is 11.8. The second kappa shape index (κ2) is 18.2. The molecular formula is C49H80O18. The summed E-state index contributed by atoms with van der Waals surface area (Å²) in [7, 11) is 1.67. The third kappa shape index (κ3) is 7.71. The smallest absolute Gasteiger partial charge is 0.187 e. The molecule has 0 aromatic heterocycles. The molecule has 2 spiro atoms. The molecule has 67 heavy (non-hydrogen) atoms. The van der Waals surface area contributed by atoms with Crippen LogP contribution in [0.15, 0.2) is 11.6 Å². The van der Waals surface area contributed by atoms with Crippen LogP contribution in [0.2, 0.25) is 0 Å². The average Bonchev–Trinajstić information content (AvgIpc) is 3.76. The van der Waals surface area contributed by atoms with Gasteiger partial charge in [0.1, 0.15) is 67.1 Å². The Hall–Kier alpha value is -0.980. The number of hydrogen-bond acceptors (Lipinski definition) is 18. The number of hydrogen-bond donors (Lipinski definition) is 10. The fourth-order valence-electron chi connectivity index (χ4n) is 16.2. The van der Waals surface area contributed by atoms with Crippen molar-refractivity contribution in [2.45, 2.75) is 223 Å². The second-order valence-electron chi connectivity index (χ2n) is 23.3. The fourth-order valence-corrected chi connectivity index (χ4v) is 16.2. The molecule has 5 saturated carbocycles. The van der Waals surface area contributed by atoms with Crippen LogP contribution in [0.25, 0.3) is 0 Å². The largest absolute Gasteiger partial charge is 0.396 e. The normalized spacial score (nSPS) is 58.3. The van der Waals surface area contributed by atoms with Crippen LogP contribution in [-0.4, -0.2) is 188 Å². The summed E-state index contributed by atoms with van der Waals surface area (Å²) >= 11 is 0. The first-order valence-electron chi connectivity index (χ1n) is 25.0. The first kappa shape index (κ1) is 50.9. The Morgan fingerprint density at radius 3 is 1.87 bits per heavy atom. The van der Waals surface area contributed by atoms with Gasteiger partial charge in [-0.2, -0.15) is 0 Å². The van der Waals surface area contributed by atoms with E-state index in [2.05, 4.69) is 20.8 Å². The third-order valence-corrected chi connectivity index (χ3v) is 20.1. The molecule has 4 aliphatic heterocycles. The maximum Gasteiger partial charge on any atom is 0.187 e. The van der Waals surface area contributed by atoms with Crippen LogP contribution in [0.3, 0.4) is 0 Å². The highest BCUT2D eigenvalue weighted by atomic mass is 16.8. The standard InChI is InChI=1S/C49H80O18/c1-21(2)17-25-33(53)30(41(60-8)64-25)24-11-13-47(7)28-10-9-27-45(5,20-50)29(12-14-48(27)19-49(28,48)16-15-46(24,47)6)66-44-40(67-43-39(59)36(56)32(52)23(4)63-43)37(57)34(54)26(65-44)18-61-42-38(58)35(55)31(51)22(3)62-42/h17,22-44,50-59H,9-16,18-20H2,1-8H3/t22-,23-,24+,25+,26+,27?,28-,29-,30-,31-,32-,33-,34+,35+,36+,37-,38+,39+,40+,41+,42+,43-,44-,45+,46+,47-,48+,49-/m0/s1. The van der Waals surface area contributed by atoms with Gasteiger partial charge in [0.2, 0.25) is 0 Å². The molecule has 18 nitrogen and oxygen atoms in total. The van der Waals surface area contributed by atoms with E-state index in [4.69, 9.17) is 37.9 Å². The summed E-state index contributed by atoms with van der Waals surface area (Å²) in [5, 5.41) is 110. The molecule has 0 radical (unpaired) electrons. The number of allylic oxidation sites excluding steroid dienone is 1. The molecule has 0 amide bonds. The van der Waals surface area contributed by atoms with Gasteiger partial charge in [-0.15, -0.1) is 0 Å². The number of ether oxygens (including phenoxy) is 8. The predicted molar refractivity (Wildman–Crippen MR) is 234 cm³/mol. The van der Waals surface area contributed by atoms with Crippen LogP contribution in [0.1, 0.15) is 106 Å². The van der Waals surface area contributed by atoms with Gasteiger partial charge in [0.25, 0.3) is 0 Å². The van der Waals surface area contributed by atoms with E-state index >= 15 is 0 Å². The van der Waals surface area contributed by atoms with E-state index < -0.39 is 129 Å². The van der Waals surface area contributed by atoms with Crippen molar-refractivity contribution in [1.29, 1.82) is 0 Å². The van der Waals surface area contributed by atoms with Crippen molar-refractivity contribution in [3.05, 3.63) is 11.6 Å². The second-order valence-corrected chi connectivity index (χ2v) is 23.3. The summed E-state index contributed by atoms with van der Waals surface area (Å²) in [5.41, 5.74) is 0.314. The number of aliphatic hydroxyl groups is 10. The number of fused-ring (bicyclic) bond motifs is 2. The SMILES string of the molecule is CO[C@@H]1O[C@H](C=C(C)C)[C@H](O)[C@@H]1[C@H]1CC[C@@]2(C)[C@@H]3CCC4[C@@]5(CC[C@H](O[C@@H]6O[C@H](CO[C@@H]7O[C@@H](C)[C@H](O)[C@@H](O)[C@H]7O)[C@@H](O)[C@H](O)[C@H]6O[C@@H]6O[C@@H](C)[C@H](O)[C@@H](O)[C@H]6O)[C@]4(C)CO)C[C@@]35CC[C@]12C. The van der Waals surface area contributed by atoms with Crippen molar-refractivity contribution in [2.24, 2.45) is 50.7 Å². The Kier molecular flexibility index (Phi) is 13.8. The highest BCUT2D eigenvalue weighted by molar-refractivity contribution is 5.31. The molecular weight excluding hydrogens is 877 g/mol. The van der Waals surface area contributed by atoms with E-state index in [9.17, 15) is 51.1 Å². The van der Waals surface area contributed by atoms with Crippen LogP contribution in [0, 0.1) is 50.7 Å². The molecule has 0 bridgehead atoms. The van der Waals surface area contributed by atoms with Crippen molar-refractivity contribution in [3.8, 4) is 0 Å². The van der Waals surface area contributed by atoms with E-state index in [-0.39, 0.29) is 46.0 Å². The van der Waals surface area contributed by atoms with E-state index in [1.54, 1.807) is 7.11 Å². The summed E-state index contributed by atoms with van der Waals surface area (Å²) < 4.78 is 48.9. The molecule has 10 N–H and O–H groups in total. The van der Waals surface area contributed by atoms with E-state index in [1.165, 1.54) is 13.8 Å². The van der Waals surface area contributed by atoms with Gasteiger partial charge in [-0.1, -0.05) is 32.4 Å². The summed E-state index contributed by atoms with van der Waals surface area (Å²) in [6.07, 6.45) is -13.7. The van der Waals surface area contributed by atoms with Gasteiger partial charge in [0.05, 0.1) is 37.6 Å². The quantitative estimate of drug-likeness (QED) is 0.100. The van der Waals surface area contributed by atoms with Crippen LogP contribution < -0.4 is 0 Å². The highest BCUT2D eigenvalue weighted by Crippen LogP contribution is 2.89. The van der Waals surface area contributed by atoms with Crippen molar-refractivity contribution in [1.82, 2.24) is 0 Å². The van der Waals surface area contributed by atoms with Gasteiger partial charge in [0.15, 0.2) is 25.2 Å². The molecule has 5 aliphatic carbocycles. The molecule has 9 aliphatic rings. The number of methoxy groups -OCH3 is 1. The summed E-state index contributed by atoms with van der Waals surface area (Å²) in [6, 6.07) is 0. The maximum absolute atomic E-state index is 11.8. The molecule has 18 heteroatoms. The molecule has 0 aromatic carbocycles. The highest BCUT2D eigenvalue weighted by Gasteiger charge is 2.83. The number of rotatable bonds is 11. The lowest BCUT2D eigenvalue weighted by Crippen LogP contribution is -2.66. The van der Waals surface area contributed by atoms with Gasteiger partial charge in [-0.05, 0) is 125 Å². The Bertz CT molecular complexity index is 1800. The molecule has 1 unspecified atom stereocenters. The Morgan fingerprint density at radius 2 is 1.22 bits per heavy atom. The van der Waals surface area contributed by atoms with Crippen LogP contribution >= 0.6 is 0 Å². The molecule has 9 fully saturated rings. The third-order valence-electron chi connectivity index (χ3n) is 20.1. The predicted octanol–water partition coefficient (Wildman–Crippen LogP) is 0.601. The lowest BCUT2D eigenvalue weighted by atomic mass is 9.41. The first-order chi connectivity index (χ1) is 31.5. The van der Waals surface area contributed by atoms with Gasteiger partial charge in [-0.3, -0.25) is 0 Å². The van der Waals surface area contributed by atoms with E-state index in [0.29, 0.717) is 12.3 Å². The minimum atomic E-state index is -1.75. The van der Waals surface area contributed by atoms with Crippen molar-refractivity contribution >= 4 is 0 Å². The molecule has 0 aromatic rings. The lowest BCUT2D eigenvalue weighted by molar-refractivity contribution is -0.380. The molecule has 9 rings (SSSR count). The van der Waals surface area contributed by atoms with Crippen LogP contribution in [0.5, 0.6) is 0 Å². The summed E-state index contributed by atoms with van der Waals surface area (Å²) in [6.45, 7) is 13.4. The molecule has 28 atom stereocenters. The van der Waals surface area contributed by atoms with Gasteiger partial charge >= 0.3 is 0 Å². The van der Waals surface area contributed by atoms with Gasteiger partial charge in [0, 0.05) is 18.4 Å². The zero-order chi connectivity index (χ0) is 48.5. The van der Waals surface area contributed by atoms with Crippen LogP contribution in [-0.2, 0) is 37.9 Å². The van der Waals surface area contributed by atoms with Crippen molar-refractivity contribution in [3.63, 3.8) is 0 Å². The Morgan fingerprint density at radius 1 is 0.597 bits per heavy atom. The molecule has 384 valence electrons. The summed E-state index contributed by atoms with van der Waals surface area (Å²) in [5.74, 6) is 0.597. The first-order valence-corrected chi connectivity index (χ1v) is 25.0.